The second kappa shape index (κ2) is 7.38. The molecule has 1 saturated carbocycles. The monoisotopic (exact) mass is 374 g/mol. The SMILES string of the molecule is c1cnn(-c2ccc(-c3nc(Cn4cncn4)nn3C3CCCCC3)cc2)c1. The molecule has 5 rings (SSSR count). The lowest BCUT2D eigenvalue weighted by Crippen LogP contribution is -2.15. The average molecular weight is 374 g/mol. The summed E-state index contributed by atoms with van der Waals surface area (Å²) in [4.78, 5) is 8.87. The van der Waals surface area contributed by atoms with Gasteiger partial charge < -0.3 is 0 Å². The lowest BCUT2D eigenvalue weighted by Gasteiger charge is -2.23. The van der Waals surface area contributed by atoms with Gasteiger partial charge in [-0.15, -0.1) is 0 Å². The van der Waals surface area contributed by atoms with Gasteiger partial charge in [0.1, 0.15) is 19.2 Å². The Hall–Kier alpha value is -3.29. The van der Waals surface area contributed by atoms with Crippen molar-refractivity contribution in [2.45, 2.75) is 44.7 Å². The smallest absolute Gasteiger partial charge is 0.172 e. The van der Waals surface area contributed by atoms with Crippen molar-refractivity contribution >= 4 is 0 Å². The van der Waals surface area contributed by atoms with E-state index in [1.54, 1.807) is 17.2 Å². The molecule has 0 spiro atoms. The molecule has 3 aromatic heterocycles. The molecule has 3 heterocycles. The summed E-state index contributed by atoms with van der Waals surface area (Å²) in [5.74, 6) is 1.69. The number of benzene rings is 1. The minimum absolute atomic E-state index is 0.409. The van der Waals surface area contributed by atoms with Gasteiger partial charge in [0.05, 0.1) is 11.7 Å². The molecule has 142 valence electrons. The lowest BCUT2D eigenvalue weighted by atomic mass is 9.95. The van der Waals surface area contributed by atoms with Gasteiger partial charge in [0.15, 0.2) is 11.6 Å². The highest BCUT2D eigenvalue weighted by molar-refractivity contribution is 5.57. The summed E-state index contributed by atoms with van der Waals surface area (Å²) in [5, 5.41) is 13.3. The van der Waals surface area contributed by atoms with Gasteiger partial charge in [0.25, 0.3) is 0 Å². The molecule has 28 heavy (non-hydrogen) atoms. The summed E-state index contributed by atoms with van der Waals surface area (Å²) in [6, 6.07) is 10.7. The topological polar surface area (TPSA) is 79.2 Å². The molecule has 0 bridgehead atoms. The van der Waals surface area contributed by atoms with Crippen molar-refractivity contribution in [1.82, 2.24) is 39.3 Å². The van der Waals surface area contributed by atoms with E-state index in [0.717, 1.165) is 35.7 Å². The number of aromatic nitrogens is 8. The zero-order valence-corrected chi connectivity index (χ0v) is 15.6. The maximum Gasteiger partial charge on any atom is 0.172 e. The molecular weight excluding hydrogens is 352 g/mol. The van der Waals surface area contributed by atoms with Crippen molar-refractivity contribution in [3.8, 4) is 17.1 Å². The Kier molecular flexibility index (Phi) is 4.44. The van der Waals surface area contributed by atoms with Crippen LogP contribution in [0.1, 0.15) is 44.0 Å². The molecule has 1 aliphatic carbocycles. The van der Waals surface area contributed by atoms with Crippen molar-refractivity contribution in [3.05, 3.63) is 61.2 Å². The van der Waals surface area contributed by atoms with Crippen LogP contribution in [0.5, 0.6) is 0 Å². The van der Waals surface area contributed by atoms with Crippen LogP contribution in [0.2, 0.25) is 0 Å². The van der Waals surface area contributed by atoms with Gasteiger partial charge in [-0.05, 0) is 43.2 Å². The Balaban J connectivity index is 1.50. The van der Waals surface area contributed by atoms with Gasteiger partial charge >= 0.3 is 0 Å². The number of nitrogens with zero attached hydrogens (tertiary/aromatic N) is 8. The van der Waals surface area contributed by atoms with Gasteiger partial charge in [-0.25, -0.2) is 24.0 Å². The normalized spacial score (nSPS) is 15.1. The molecule has 8 nitrogen and oxygen atoms in total. The summed E-state index contributed by atoms with van der Waals surface area (Å²) >= 11 is 0. The molecule has 0 radical (unpaired) electrons. The molecule has 8 heteroatoms. The quantitative estimate of drug-likeness (QED) is 0.536. The Bertz CT molecular complexity index is 1010. The van der Waals surface area contributed by atoms with Crippen LogP contribution in [0.4, 0.5) is 0 Å². The first-order chi connectivity index (χ1) is 13.9. The highest BCUT2D eigenvalue weighted by atomic mass is 15.4. The van der Waals surface area contributed by atoms with E-state index in [1.165, 1.54) is 25.6 Å². The largest absolute Gasteiger partial charge is 0.245 e. The van der Waals surface area contributed by atoms with E-state index in [1.807, 2.05) is 16.9 Å². The Morgan fingerprint density at radius 2 is 1.86 bits per heavy atom. The molecule has 0 N–H and O–H groups in total. The fraction of sp³-hybridized carbons (Fsp3) is 0.350. The van der Waals surface area contributed by atoms with Gasteiger partial charge in [0.2, 0.25) is 0 Å². The first-order valence-corrected chi connectivity index (χ1v) is 9.75. The van der Waals surface area contributed by atoms with Crippen molar-refractivity contribution < 1.29 is 0 Å². The van der Waals surface area contributed by atoms with Gasteiger partial charge in [-0.1, -0.05) is 19.3 Å². The molecule has 0 saturated heterocycles. The fourth-order valence-electron chi connectivity index (χ4n) is 3.86. The second-order valence-electron chi connectivity index (χ2n) is 7.18. The van der Waals surface area contributed by atoms with Crippen LogP contribution < -0.4 is 0 Å². The van der Waals surface area contributed by atoms with E-state index in [0.29, 0.717) is 12.6 Å². The van der Waals surface area contributed by atoms with Crippen molar-refractivity contribution in [2.24, 2.45) is 0 Å². The maximum absolute atomic E-state index is 4.86. The van der Waals surface area contributed by atoms with Crippen molar-refractivity contribution in [2.75, 3.05) is 0 Å². The van der Waals surface area contributed by atoms with Crippen LogP contribution in [0.15, 0.2) is 55.4 Å². The Morgan fingerprint density at radius 3 is 2.57 bits per heavy atom. The predicted octanol–water partition coefficient (Wildman–Crippen LogP) is 3.28. The fourth-order valence-corrected chi connectivity index (χ4v) is 3.86. The maximum atomic E-state index is 4.86. The van der Waals surface area contributed by atoms with Gasteiger partial charge in [-0.3, -0.25) is 0 Å². The average Bonchev–Trinajstić information content (AvgIpc) is 3.51. The summed E-state index contributed by atoms with van der Waals surface area (Å²) in [6.45, 7) is 0.526. The molecule has 0 aliphatic heterocycles. The Morgan fingerprint density at radius 1 is 1.00 bits per heavy atom. The second-order valence-corrected chi connectivity index (χ2v) is 7.18. The number of rotatable bonds is 5. The van der Waals surface area contributed by atoms with Crippen LogP contribution in [0.3, 0.4) is 0 Å². The number of hydrogen-bond acceptors (Lipinski definition) is 5. The van der Waals surface area contributed by atoms with E-state index in [2.05, 4.69) is 44.1 Å². The lowest BCUT2D eigenvalue weighted by molar-refractivity contribution is 0.330. The van der Waals surface area contributed by atoms with Crippen LogP contribution in [-0.2, 0) is 6.54 Å². The van der Waals surface area contributed by atoms with Crippen molar-refractivity contribution in [1.29, 1.82) is 0 Å². The van der Waals surface area contributed by atoms with E-state index in [4.69, 9.17) is 10.1 Å². The van der Waals surface area contributed by atoms with Gasteiger partial charge in [0, 0.05) is 18.0 Å². The summed E-state index contributed by atoms with van der Waals surface area (Å²) in [7, 11) is 0. The van der Waals surface area contributed by atoms with E-state index >= 15 is 0 Å². The minimum Gasteiger partial charge on any atom is -0.245 e. The molecule has 0 amide bonds. The molecule has 1 fully saturated rings. The molecule has 1 aliphatic rings. The third kappa shape index (κ3) is 3.33. The van der Waals surface area contributed by atoms with E-state index < -0.39 is 0 Å². The Labute approximate surface area is 162 Å². The molecule has 4 aromatic rings. The van der Waals surface area contributed by atoms with Gasteiger partial charge in [-0.2, -0.15) is 15.3 Å². The molecule has 1 aromatic carbocycles. The summed E-state index contributed by atoms with van der Waals surface area (Å²) < 4.78 is 5.74. The summed E-state index contributed by atoms with van der Waals surface area (Å²) in [6.07, 6.45) is 13.1. The highest BCUT2D eigenvalue weighted by Gasteiger charge is 2.22. The summed E-state index contributed by atoms with van der Waals surface area (Å²) in [5.41, 5.74) is 2.10. The first-order valence-electron chi connectivity index (χ1n) is 9.75. The van der Waals surface area contributed by atoms with Crippen LogP contribution in [0.25, 0.3) is 17.1 Å². The molecule has 0 unspecified atom stereocenters. The van der Waals surface area contributed by atoms with Crippen LogP contribution in [0, 0.1) is 0 Å². The third-order valence-corrected chi connectivity index (χ3v) is 5.26. The van der Waals surface area contributed by atoms with E-state index in [-0.39, 0.29) is 0 Å². The zero-order chi connectivity index (χ0) is 18.8. The van der Waals surface area contributed by atoms with Crippen LogP contribution in [-0.4, -0.2) is 39.3 Å². The van der Waals surface area contributed by atoms with Crippen LogP contribution >= 0.6 is 0 Å². The third-order valence-electron chi connectivity index (χ3n) is 5.26. The highest BCUT2D eigenvalue weighted by Crippen LogP contribution is 2.31. The standard InChI is InChI=1S/C20H22N8/c1-2-5-18(6-3-1)28-20(24-19(25-28)13-26-15-21-14-23-26)16-7-9-17(10-8-16)27-12-4-11-22-27/h4,7-12,14-15,18H,1-3,5-6,13H2. The van der Waals surface area contributed by atoms with Crippen molar-refractivity contribution in [3.63, 3.8) is 0 Å². The predicted molar refractivity (Wildman–Crippen MR) is 104 cm³/mol. The number of hydrogen-bond donors (Lipinski definition) is 0. The van der Waals surface area contributed by atoms with E-state index in [9.17, 15) is 0 Å². The minimum atomic E-state index is 0.409. The molecular formula is C20H22N8. The molecule has 0 atom stereocenters. The first kappa shape index (κ1) is 16.9. The zero-order valence-electron chi connectivity index (χ0n) is 15.6.